The van der Waals surface area contributed by atoms with Gasteiger partial charge in [0.1, 0.15) is 0 Å². The zero-order valence-corrected chi connectivity index (χ0v) is 10.2. The Labute approximate surface area is 93.0 Å². The van der Waals surface area contributed by atoms with Gasteiger partial charge in [0, 0.05) is 18.6 Å². The highest BCUT2D eigenvalue weighted by Gasteiger charge is 2.29. The molecule has 0 heterocycles. The van der Waals surface area contributed by atoms with Crippen LogP contribution in [0.3, 0.4) is 0 Å². The molecule has 0 aromatic heterocycles. The van der Waals surface area contributed by atoms with Gasteiger partial charge >= 0.3 is 0 Å². The minimum atomic E-state index is -0.0504. The number of nitrogens with zero attached hydrogens (tertiary/aromatic N) is 1. The first-order valence-electron chi connectivity index (χ1n) is 6.14. The first kappa shape index (κ1) is 12.5. The molecule has 1 amide bonds. The quantitative estimate of drug-likeness (QED) is 0.772. The lowest BCUT2D eigenvalue weighted by molar-refractivity contribution is -0.137. The minimum absolute atomic E-state index is 0.0482. The second kappa shape index (κ2) is 5.50. The number of hydrogen-bond donors (Lipinski definition) is 1. The Morgan fingerprint density at radius 1 is 1.40 bits per heavy atom. The normalized spacial score (nSPS) is 21.3. The maximum atomic E-state index is 12.1. The standard InChI is InChI=1S/C12H24N2O/c1-4-14(11-7-5-6-8-11)12(15)9(2)10(3)13/h9-11H,4-8,13H2,1-3H3. The van der Waals surface area contributed by atoms with Gasteiger partial charge in [-0.15, -0.1) is 0 Å². The summed E-state index contributed by atoms with van der Waals surface area (Å²) in [5.41, 5.74) is 5.78. The summed E-state index contributed by atoms with van der Waals surface area (Å²) in [6.07, 6.45) is 4.87. The summed E-state index contributed by atoms with van der Waals surface area (Å²) in [7, 11) is 0. The Morgan fingerprint density at radius 2 is 1.93 bits per heavy atom. The summed E-state index contributed by atoms with van der Waals surface area (Å²) >= 11 is 0. The van der Waals surface area contributed by atoms with Crippen LogP contribution in [-0.4, -0.2) is 29.4 Å². The molecule has 0 aromatic rings. The molecule has 3 heteroatoms. The van der Waals surface area contributed by atoms with Gasteiger partial charge < -0.3 is 10.6 Å². The zero-order valence-electron chi connectivity index (χ0n) is 10.2. The van der Waals surface area contributed by atoms with Gasteiger partial charge in [0.15, 0.2) is 0 Å². The van der Waals surface area contributed by atoms with Crippen molar-refractivity contribution in [1.29, 1.82) is 0 Å². The second-order valence-electron chi connectivity index (χ2n) is 4.71. The van der Waals surface area contributed by atoms with Gasteiger partial charge in [0.25, 0.3) is 0 Å². The van der Waals surface area contributed by atoms with E-state index in [0.717, 1.165) is 6.54 Å². The summed E-state index contributed by atoms with van der Waals surface area (Å²) in [6, 6.07) is 0.427. The summed E-state index contributed by atoms with van der Waals surface area (Å²) < 4.78 is 0. The number of carbonyl (C=O) groups excluding carboxylic acids is 1. The first-order chi connectivity index (χ1) is 7.07. The number of carbonyl (C=O) groups is 1. The molecular weight excluding hydrogens is 188 g/mol. The van der Waals surface area contributed by atoms with Crippen molar-refractivity contribution in [2.24, 2.45) is 11.7 Å². The van der Waals surface area contributed by atoms with Gasteiger partial charge in [0.05, 0.1) is 5.92 Å². The molecule has 0 saturated heterocycles. The third-order valence-electron chi connectivity index (χ3n) is 3.57. The Morgan fingerprint density at radius 3 is 2.33 bits per heavy atom. The van der Waals surface area contributed by atoms with Gasteiger partial charge in [-0.2, -0.15) is 0 Å². The summed E-state index contributed by atoms with van der Waals surface area (Å²) in [6.45, 7) is 6.72. The number of hydrogen-bond acceptors (Lipinski definition) is 2. The van der Waals surface area contributed by atoms with E-state index in [1.165, 1.54) is 25.7 Å². The van der Waals surface area contributed by atoms with Crippen molar-refractivity contribution < 1.29 is 4.79 Å². The van der Waals surface area contributed by atoms with Gasteiger partial charge in [-0.3, -0.25) is 4.79 Å². The molecule has 1 aliphatic rings. The third-order valence-corrected chi connectivity index (χ3v) is 3.57. The lowest BCUT2D eigenvalue weighted by Crippen LogP contribution is -2.45. The van der Waals surface area contributed by atoms with Crippen LogP contribution in [0, 0.1) is 5.92 Å². The molecule has 0 bridgehead atoms. The highest BCUT2D eigenvalue weighted by Crippen LogP contribution is 2.24. The SMILES string of the molecule is CCN(C(=O)C(C)C(C)N)C1CCCC1. The van der Waals surface area contributed by atoms with Crippen molar-refractivity contribution in [1.82, 2.24) is 4.90 Å². The smallest absolute Gasteiger partial charge is 0.227 e. The zero-order chi connectivity index (χ0) is 11.4. The monoisotopic (exact) mass is 212 g/mol. The van der Waals surface area contributed by atoms with Gasteiger partial charge in [-0.05, 0) is 26.7 Å². The van der Waals surface area contributed by atoms with Crippen LogP contribution in [0.5, 0.6) is 0 Å². The Hall–Kier alpha value is -0.570. The Balaban J connectivity index is 2.60. The van der Waals surface area contributed by atoms with E-state index in [0.29, 0.717) is 6.04 Å². The van der Waals surface area contributed by atoms with E-state index in [1.54, 1.807) is 0 Å². The Kier molecular flexibility index (Phi) is 4.58. The van der Waals surface area contributed by atoms with Crippen molar-refractivity contribution in [3.8, 4) is 0 Å². The van der Waals surface area contributed by atoms with Crippen LogP contribution in [-0.2, 0) is 4.79 Å². The Bertz CT molecular complexity index is 210. The van der Waals surface area contributed by atoms with E-state index in [1.807, 2.05) is 18.7 Å². The predicted molar refractivity (Wildman–Crippen MR) is 62.5 cm³/mol. The van der Waals surface area contributed by atoms with E-state index in [9.17, 15) is 4.79 Å². The molecule has 0 radical (unpaired) electrons. The lowest BCUT2D eigenvalue weighted by Gasteiger charge is -2.31. The fraction of sp³-hybridized carbons (Fsp3) is 0.917. The molecular formula is C12H24N2O. The van der Waals surface area contributed by atoms with Crippen LogP contribution in [0.4, 0.5) is 0 Å². The summed E-state index contributed by atoms with van der Waals surface area (Å²) in [5, 5.41) is 0. The van der Waals surface area contributed by atoms with Crippen molar-refractivity contribution in [2.75, 3.05) is 6.54 Å². The maximum Gasteiger partial charge on any atom is 0.227 e. The lowest BCUT2D eigenvalue weighted by atomic mass is 10.0. The largest absolute Gasteiger partial charge is 0.340 e. The molecule has 1 aliphatic carbocycles. The van der Waals surface area contributed by atoms with E-state index in [-0.39, 0.29) is 17.9 Å². The molecule has 88 valence electrons. The predicted octanol–water partition coefficient (Wildman–Crippen LogP) is 1.76. The van der Waals surface area contributed by atoms with E-state index < -0.39 is 0 Å². The first-order valence-corrected chi connectivity index (χ1v) is 6.14. The average molecular weight is 212 g/mol. The number of rotatable bonds is 4. The van der Waals surface area contributed by atoms with Crippen LogP contribution in [0.2, 0.25) is 0 Å². The molecule has 0 aliphatic heterocycles. The molecule has 1 fully saturated rings. The molecule has 15 heavy (non-hydrogen) atoms. The van der Waals surface area contributed by atoms with E-state index >= 15 is 0 Å². The molecule has 1 rings (SSSR count). The van der Waals surface area contributed by atoms with Crippen LogP contribution in [0.1, 0.15) is 46.5 Å². The van der Waals surface area contributed by atoms with Crippen molar-refractivity contribution in [3.05, 3.63) is 0 Å². The van der Waals surface area contributed by atoms with Crippen LogP contribution < -0.4 is 5.73 Å². The van der Waals surface area contributed by atoms with Gasteiger partial charge in [0.2, 0.25) is 5.91 Å². The molecule has 0 aromatic carbocycles. The minimum Gasteiger partial charge on any atom is -0.340 e. The molecule has 1 saturated carbocycles. The fourth-order valence-corrected chi connectivity index (χ4v) is 2.30. The maximum absolute atomic E-state index is 12.1. The highest BCUT2D eigenvalue weighted by atomic mass is 16.2. The highest BCUT2D eigenvalue weighted by molar-refractivity contribution is 5.79. The third kappa shape index (κ3) is 2.94. The number of amides is 1. The summed E-state index contributed by atoms with van der Waals surface area (Å²) in [4.78, 5) is 14.2. The van der Waals surface area contributed by atoms with Crippen LogP contribution >= 0.6 is 0 Å². The van der Waals surface area contributed by atoms with E-state index in [4.69, 9.17) is 5.73 Å². The summed E-state index contributed by atoms with van der Waals surface area (Å²) in [5.74, 6) is 0.185. The molecule has 3 nitrogen and oxygen atoms in total. The number of nitrogens with two attached hydrogens (primary N) is 1. The second-order valence-corrected chi connectivity index (χ2v) is 4.71. The van der Waals surface area contributed by atoms with Crippen LogP contribution in [0.15, 0.2) is 0 Å². The molecule has 2 atom stereocenters. The average Bonchev–Trinajstić information content (AvgIpc) is 2.70. The molecule has 2 N–H and O–H groups in total. The van der Waals surface area contributed by atoms with Gasteiger partial charge in [-0.25, -0.2) is 0 Å². The van der Waals surface area contributed by atoms with Crippen molar-refractivity contribution in [3.63, 3.8) is 0 Å². The van der Waals surface area contributed by atoms with Crippen LogP contribution in [0.25, 0.3) is 0 Å². The van der Waals surface area contributed by atoms with Crippen molar-refractivity contribution >= 4 is 5.91 Å². The van der Waals surface area contributed by atoms with E-state index in [2.05, 4.69) is 6.92 Å². The topological polar surface area (TPSA) is 46.3 Å². The van der Waals surface area contributed by atoms with Crippen molar-refractivity contribution in [2.45, 2.75) is 58.5 Å². The van der Waals surface area contributed by atoms with Gasteiger partial charge in [-0.1, -0.05) is 19.8 Å². The molecule has 0 spiro atoms. The fourth-order valence-electron chi connectivity index (χ4n) is 2.30. The molecule has 2 unspecified atom stereocenters.